The Morgan fingerprint density at radius 3 is 2.75 bits per heavy atom. The molecule has 0 spiro atoms. The summed E-state index contributed by atoms with van der Waals surface area (Å²) in [5, 5.41) is 4.18. The molecule has 2 aromatic carbocycles. The zero-order valence-electron chi connectivity index (χ0n) is 14.1. The largest absolute Gasteiger partial charge is 0.488 e. The van der Waals surface area contributed by atoms with Crippen LogP contribution in [0.4, 0.5) is 0 Å². The number of oxime groups is 1. The van der Waals surface area contributed by atoms with Crippen molar-refractivity contribution in [2.45, 2.75) is 25.6 Å². The fourth-order valence-corrected chi connectivity index (χ4v) is 2.83. The summed E-state index contributed by atoms with van der Waals surface area (Å²) < 4.78 is 5.93. The van der Waals surface area contributed by atoms with Gasteiger partial charge in [-0.1, -0.05) is 47.6 Å². The Hall–Kier alpha value is -2.33. The Bertz CT molecular complexity index is 658. The number of hydrogen-bond donors (Lipinski definition) is 0. The Balaban J connectivity index is 1.58. The summed E-state index contributed by atoms with van der Waals surface area (Å²) in [7, 11) is 2.12. The highest BCUT2D eigenvalue weighted by Crippen LogP contribution is 2.18. The Labute approximate surface area is 143 Å². The van der Waals surface area contributed by atoms with Crippen molar-refractivity contribution >= 4 is 6.21 Å². The minimum absolute atomic E-state index is 0.178. The third kappa shape index (κ3) is 4.83. The van der Waals surface area contributed by atoms with Crippen LogP contribution in [0.3, 0.4) is 0 Å². The van der Waals surface area contributed by atoms with Crippen molar-refractivity contribution in [3.8, 4) is 5.75 Å². The first kappa shape index (κ1) is 16.5. The maximum atomic E-state index is 5.93. The second-order valence-electron chi connectivity index (χ2n) is 6.18. The van der Waals surface area contributed by atoms with Gasteiger partial charge in [-0.3, -0.25) is 0 Å². The molecule has 1 unspecified atom stereocenters. The van der Waals surface area contributed by atoms with E-state index in [4.69, 9.17) is 9.57 Å². The van der Waals surface area contributed by atoms with Gasteiger partial charge in [0.15, 0.2) is 0 Å². The third-order valence-electron chi connectivity index (χ3n) is 4.14. The van der Waals surface area contributed by atoms with Gasteiger partial charge in [0.2, 0.25) is 0 Å². The number of benzene rings is 2. The van der Waals surface area contributed by atoms with E-state index in [1.165, 1.54) is 0 Å². The van der Waals surface area contributed by atoms with E-state index in [2.05, 4.69) is 29.2 Å². The van der Waals surface area contributed by atoms with E-state index in [0.717, 1.165) is 42.8 Å². The van der Waals surface area contributed by atoms with E-state index in [1.54, 1.807) is 6.21 Å². The molecule has 0 aromatic heterocycles. The minimum Gasteiger partial charge on any atom is -0.488 e. The minimum atomic E-state index is 0.178. The normalized spacial score (nSPS) is 18.6. The van der Waals surface area contributed by atoms with Crippen molar-refractivity contribution in [1.82, 2.24) is 4.90 Å². The molecule has 1 fully saturated rings. The van der Waals surface area contributed by atoms with Crippen LogP contribution in [0.2, 0.25) is 0 Å². The van der Waals surface area contributed by atoms with Gasteiger partial charge in [0, 0.05) is 12.1 Å². The van der Waals surface area contributed by atoms with Crippen LogP contribution in [0.1, 0.15) is 24.0 Å². The summed E-state index contributed by atoms with van der Waals surface area (Å²) in [5.74, 6) is 0.814. The predicted molar refractivity (Wildman–Crippen MR) is 96.4 cm³/mol. The number of rotatable bonds is 6. The summed E-state index contributed by atoms with van der Waals surface area (Å²) in [4.78, 5) is 7.93. The van der Waals surface area contributed by atoms with E-state index in [-0.39, 0.29) is 6.10 Å². The molecule has 1 heterocycles. The molecule has 2 aromatic rings. The Morgan fingerprint density at radius 2 is 1.92 bits per heavy atom. The van der Waals surface area contributed by atoms with Crippen LogP contribution in [0, 0.1) is 0 Å². The van der Waals surface area contributed by atoms with Gasteiger partial charge in [0.25, 0.3) is 0 Å². The van der Waals surface area contributed by atoms with Gasteiger partial charge in [0.05, 0.1) is 6.21 Å². The molecule has 4 nitrogen and oxygen atoms in total. The van der Waals surface area contributed by atoms with Crippen molar-refractivity contribution in [2.24, 2.45) is 5.16 Å². The lowest BCUT2D eigenvalue weighted by Gasteiger charge is -2.27. The van der Waals surface area contributed by atoms with Crippen LogP contribution in [-0.4, -0.2) is 37.4 Å². The molecule has 0 radical (unpaired) electrons. The molecule has 1 aliphatic rings. The van der Waals surface area contributed by atoms with Gasteiger partial charge in [-0.05, 0) is 44.1 Å². The standard InChI is InChI=1S/C20H24N2O2/c1-22-13-7-11-19(15-22)24-21-14-18-10-5-6-12-20(18)23-16-17-8-3-2-4-9-17/h2-6,8-10,12,14,19H,7,11,13,15-16H2,1H3/b21-14+. The molecule has 0 bridgehead atoms. The SMILES string of the molecule is CN1CCCC(O/N=C/c2ccccc2OCc2ccccc2)C1. The van der Waals surface area contributed by atoms with Crippen molar-refractivity contribution in [1.29, 1.82) is 0 Å². The zero-order valence-corrected chi connectivity index (χ0v) is 14.1. The van der Waals surface area contributed by atoms with Gasteiger partial charge in [-0.2, -0.15) is 0 Å². The monoisotopic (exact) mass is 324 g/mol. The van der Waals surface area contributed by atoms with Crippen LogP contribution in [0.15, 0.2) is 59.8 Å². The fourth-order valence-electron chi connectivity index (χ4n) is 2.83. The quantitative estimate of drug-likeness (QED) is 0.600. The van der Waals surface area contributed by atoms with E-state index < -0.39 is 0 Å². The van der Waals surface area contributed by atoms with Crippen molar-refractivity contribution in [3.63, 3.8) is 0 Å². The highest BCUT2D eigenvalue weighted by Gasteiger charge is 2.17. The predicted octanol–water partition coefficient (Wildman–Crippen LogP) is 3.71. The van der Waals surface area contributed by atoms with E-state index >= 15 is 0 Å². The highest BCUT2D eigenvalue weighted by atomic mass is 16.6. The Morgan fingerprint density at radius 1 is 1.12 bits per heavy atom. The highest BCUT2D eigenvalue weighted by molar-refractivity contribution is 5.83. The maximum Gasteiger partial charge on any atom is 0.140 e. The summed E-state index contributed by atoms with van der Waals surface area (Å²) in [6.07, 6.45) is 4.15. The maximum absolute atomic E-state index is 5.93. The number of para-hydroxylation sites is 1. The number of hydrogen-bond acceptors (Lipinski definition) is 4. The molecule has 1 saturated heterocycles. The lowest BCUT2D eigenvalue weighted by atomic mass is 10.1. The first-order valence-corrected chi connectivity index (χ1v) is 8.45. The van der Waals surface area contributed by atoms with Gasteiger partial charge in [-0.25, -0.2) is 0 Å². The van der Waals surface area contributed by atoms with Crippen LogP contribution in [0.25, 0.3) is 0 Å². The number of likely N-dealkylation sites (tertiary alicyclic amines) is 1. The molecule has 24 heavy (non-hydrogen) atoms. The molecule has 0 saturated carbocycles. The van der Waals surface area contributed by atoms with Crippen LogP contribution >= 0.6 is 0 Å². The molecule has 3 rings (SSSR count). The molecule has 0 amide bonds. The molecular formula is C20H24N2O2. The van der Waals surface area contributed by atoms with Gasteiger partial charge >= 0.3 is 0 Å². The molecule has 0 N–H and O–H groups in total. The van der Waals surface area contributed by atoms with Gasteiger partial charge < -0.3 is 14.5 Å². The second kappa shape index (κ2) is 8.50. The number of likely N-dealkylation sites (N-methyl/N-ethyl adjacent to an activating group) is 1. The molecular weight excluding hydrogens is 300 g/mol. The average molecular weight is 324 g/mol. The van der Waals surface area contributed by atoms with Crippen LogP contribution in [-0.2, 0) is 11.4 Å². The van der Waals surface area contributed by atoms with E-state index in [0.29, 0.717) is 6.61 Å². The fraction of sp³-hybridized carbons (Fsp3) is 0.350. The Kier molecular flexibility index (Phi) is 5.85. The number of piperidine rings is 1. The first-order valence-electron chi connectivity index (χ1n) is 8.45. The number of ether oxygens (including phenoxy) is 1. The van der Waals surface area contributed by atoms with Crippen LogP contribution in [0.5, 0.6) is 5.75 Å². The van der Waals surface area contributed by atoms with Crippen molar-refractivity contribution in [3.05, 3.63) is 65.7 Å². The zero-order chi connectivity index (χ0) is 16.6. The van der Waals surface area contributed by atoms with Crippen LogP contribution < -0.4 is 4.74 Å². The third-order valence-corrected chi connectivity index (χ3v) is 4.14. The van der Waals surface area contributed by atoms with Gasteiger partial charge in [-0.15, -0.1) is 0 Å². The molecule has 0 aliphatic carbocycles. The molecule has 126 valence electrons. The smallest absolute Gasteiger partial charge is 0.140 e. The second-order valence-corrected chi connectivity index (χ2v) is 6.18. The summed E-state index contributed by atoms with van der Waals surface area (Å²) >= 11 is 0. The summed E-state index contributed by atoms with van der Waals surface area (Å²) in [6.45, 7) is 2.61. The summed E-state index contributed by atoms with van der Waals surface area (Å²) in [6, 6.07) is 18.0. The molecule has 1 atom stereocenters. The first-order chi connectivity index (χ1) is 11.8. The van der Waals surface area contributed by atoms with Crippen molar-refractivity contribution < 1.29 is 9.57 Å². The topological polar surface area (TPSA) is 34.1 Å². The average Bonchev–Trinajstić information content (AvgIpc) is 2.62. The van der Waals surface area contributed by atoms with Gasteiger partial charge in [0.1, 0.15) is 18.5 Å². The number of nitrogens with zero attached hydrogens (tertiary/aromatic N) is 2. The van der Waals surface area contributed by atoms with Crippen molar-refractivity contribution in [2.75, 3.05) is 20.1 Å². The lowest BCUT2D eigenvalue weighted by Crippen LogP contribution is -2.36. The summed E-state index contributed by atoms with van der Waals surface area (Å²) in [5.41, 5.74) is 2.07. The van der Waals surface area contributed by atoms with E-state index in [1.807, 2.05) is 42.5 Å². The lowest BCUT2D eigenvalue weighted by molar-refractivity contribution is 0.0107. The molecule has 1 aliphatic heterocycles. The molecule has 4 heteroatoms. The van der Waals surface area contributed by atoms with E-state index in [9.17, 15) is 0 Å².